The lowest BCUT2D eigenvalue weighted by Gasteiger charge is -2.14. The van der Waals surface area contributed by atoms with Crippen molar-refractivity contribution in [3.63, 3.8) is 0 Å². The van der Waals surface area contributed by atoms with Gasteiger partial charge in [-0.15, -0.1) is 0 Å². The van der Waals surface area contributed by atoms with Gasteiger partial charge in [0, 0.05) is 12.6 Å². The number of nitrogens with one attached hydrogen (secondary N) is 2. The molecule has 0 saturated heterocycles. The van der Waals surface area contributed by atoms with Crippen molar-refractivity contribution >= 4 is 28.3 Å². The first-order chi connectivity index (χ1) is 13.5. The average molecular weight is 384 g/mol. The van der Waals surface area contributed by atoms with Crippen molar-refractivity contribution in [2.75, 3.05) is 11.9 Å². The summed E-state index contributed by atoms with van der Waals surface area (Å²) < 4.78 is 26.4. The number of carbonyl (C=O) groups is 2. The molecule has 0 spiro atoms. The van der Waals surface area contributed by atoms with Crippen molar-refractivity contribution < 1.29 is 23.5 Å². The third kappa shape index (κ3) is 4.50. The Bertz CT molecular complexity index is 1020. The highest BCUT2D eigenvalue weighted by atomic mass is 19.1. The number of carbonyl (C=O) groups excluding carboxylic acids is 2. The van der Waals surface area contributed by atoms with E-state index in [2.05, 4.69) is 10.6 Å². The van der Waals surface area contributed by atoms with Crippen molar-refractivity contribution in [1.29, 1.82) is 0 Å². The Morgan fingerprint density at radius 2 is 1.71 bits per heavy atom. The number of hydrogen-bond donors (Lipinski definition) is 3. The molecule has 144 valence electrons. The van der Waals surface area contributed by atoms with Crippen LogP contribution in [-0.4, -0.2) is 23.5 Å². The van der Waals surface area contributed by atoms with Crippen LogP contribution in [0.4, 0.5) is 14.5 Å². The third-order valence-corrected chi connectivity index (χ3v) is 4.27. The molecule has 3 rings (SSSR count). The summed E-state index contributed by atoms with van der Waals surface area (Å²) in [5, 5.41) is 16.8. The lowest BCUT2D eigenvalue weighted by Crippen LogP contribution is -2.36. The van der Waals surface area contributed by atoms with Gasteiger partial charge < -0.3 is 15.7 Å². The minimum Gasteiger partial charge on any atom is -0.388 e. The fourth-order valence-corrected chi connectivity index (χ4v) is 2.87. The lowest BCUT2D eigenvalue weighted by atomic mass is 9.99. The molecular weight excluding hydrogens is 366 g/mol. The molecular formula is C21H18F2N2O3. The first kappa shape index (κ1) is 19.4. The van der Waals surface area contributed by atoms with Gasteiger partial charge in [-0.05, 0) is 34.9 Å². The predicted octanol–water partition coefficient (Wildman–Crippen LogP) is 3.30. The maximum Gasteiger partial charge on any atom is 0.313 e. The van der Waals surface area contributed by atoms with Crippen LogP contribution in [-0.2, 0) is 9.59 Å². The molecule has 5 nitrogen and oxygen atoms in total. The summed E-state index contributed by atoms with van der Waals surface area (Å²) in [6.07, 6.45) is -0.637. The number of aliphatic hydroxyl groups excluding tert-OH is 1. The van der Waals surface area contributed by atoms with Crippen molar-refractivity contribution in [3.05, 3.63) is 77.9 Å². The molecule has 3 aromatic carbocycles. The van der Waals surface area contributed by atoms with Crippen LogP contribution < -0.4 is 10.6 Å². The highest BCUT2D eigenvalue weighted by molar-refractivity contribution is 6.39. The van der Waals surface area contributed by atoms with Crippen LogP contribution in [0.2, 0.25) is 0 Å². The van der Waals surface area contributed by atoms with Gasteiger partial charge >= 0.3 is 11.8 Å². The Morgan fingerprint density at radius 1 is 0.964 bits per heavy atom. The van der Waals surface area contributed by atoms with E-state index in [1.165, 1.54) is 0 Å². The van der Waals surface area contributed by atoms with Crippen molar-refractivity contribution in [3.8, 4) is 0 Å². The summed E-state index contributed by atoms with van der Waals surface area (Å²) in [5.41, 5.74) is 0.433. The normalized spacial score (nSPS) is 11.8. The smallest absolute Gasteiger partial charge is 0.313 e. The molecule has 1 unspecified atom stereocenters. The maximum atomic E-state index is 13.5. The Balaban J connectivity index is 1.55. The van der Waals surface area contributed by atoms with E-state index in [1.807, 2.05) is 36.4 Å². The summed E-state index contributed by atoms with van der Waals surface area (Å²) in [6.45, 7) is 0.0442. The van der Waals surface area contributed by atoms with Crippen molar-refractivity contribution in [2.24, 2.45) is 0 Å². The Labute approximate surface area is 160 Å². The average Bonchev–Trinajstić information content (AvgIpc) is 2.69. The summed E-state index contributed by atoms with van der Waals surface area (Å²) in [5.74, 6) is -3.83. The fraction of sp³-hybridized carbons (Fsp3) is 0.143. The molecule has 0 aliphatic heterocycles. The second kappa shape index (κ2) is 8.58. The molecule has 0 aliphatic carbocycles. The molecule has 1 atom stereocenters. The van der Waals surface area contributed by atoms with Crippen molar-refractivity contribution in [2.45, 2.75) is 12.5 Å². The van der Waals surface area contributed by atoms with Crippen LogP contribution in [0.25, 0.3) is 10.8 Å². The first-order valence-electron chi connectivity index (χ1n) is 8.65. The van der Waals surface area contributed by atoms with Gasteiger partial charge in [0.1, 0.15) is 11.6 Å². The van der Waals surface area contributed by atoms with Gasteiger partial charge in [-0.1, -0.05) is 42.5 Å². The molecule has 7 heteroatoms. The van der Waals surface area contributed by atoms with Crippen LogP contribution in [0, 0.1) is 11.6 Å². The Hall–Kier alpha value is -3.32. The van der Waals surface area contributed by atoms with Gasteiger partial charge in [-0.3, -0.25) is 9.59 Å². The molecule has 2 amide bonds. The zero-order chi connectivity index (χ0) is 20.1. The first-order valence-corrected chi connectivity index (χ1v) is 8.65. The molecule has 0 aromatic heterocycles. The zero-order valence-corrected chi connectivity index (χ0v) is 14.8. The van der Waals surface area contributed by atoms with Gasteiger partial charge in [0.15, 0.2) is 0 Å². The van der Waals surface area contributed by atoms with Gasteiger partial charge in [-0.2, -0.15) is 0 Å². The second-order valence-electron chi connectivity index (χ2n) is 6.21. The number of aliphatic hydroxyl groups is 1. The minimum atomic E-state index is -1.08. The number of halogens is 2. The van der Waals surface area contributed by atoms with Gasteiger partial charge in [-0.25, -0.2) is 8.78 Å². The number of anilines is 1. The fourth-order valence-electron chi connectivity index (χ4n) is 2.87. The SMILES string of the molecule is O=C(NCCC(O)c1cccc2ccccc12)C(=O)Nc1ccc(F)cc1F. The highest BCUT2D eigenvalue weighted by Gasteiger charge is 2.17. The molecule has 0 fully saturated rings. The van der Waals surface area contributed by atoms with E-state index in [4.69, 9.17) is 0 Å². The van der Waals surface area contributed by atoms with Crippen LogP contribution in [0.15, 0.2) is 60.7 Å². The third-order valence-electron chi connectivity index (χ3n) is 4.27. The standard InChI is InChI=1S/C21H18F2N2O3/c22-14-8-9-18(17(23)12-14)25-21(28)20(27)24-11-10-19(26)16-7-3-5-13-4-1-2-6-15(13)16/h1-9,12,19,26H,10-11H2,(H,24,27)(H,25,28). The van der Waals surface area contributed by atoms with Crippen LogP contribution in [0.3, 0.4) is 0 Å². The number of rotatable bonds is 5. The van der Waals surface area contributed by atoms with Crippen LogP contribution in [0.1, 0.15) is 18.1 Å². The maximum absolute atomic E-state index is 13.5. The monoisotopic (exact) mass is 384 g/mol. The van der Waals surface area contributed by atoms with E-state index in [0.717, 1.165) is 28.5 Å². The van der Waals surface area contributed by atoms with Crippen molar-refractivity contribution in [1.82, 2.24) is 5.32 Å². The summed E-state index contributed by atoms with van der Waals surface area (Å²) in [7, 11) is 0. The molecule has 0 bridgehead atoms. The molecule has 28 heavy (non-hydrogen) atoms. The summed E-state index contributed by atoms with van der Waals surface area (Å²) in [4.78, 5) is 23.7. The van der Waals surface area contributed by atoms with Gasteiger partial charge in [0.05, 0.1) is 11.8 Å². The molecule has 0 saturated carbocycles. The lowest BCUT2D eigenvalue weighted by molar-refractivity contribution is -0.136. The van der Waals surface area contributed by atoms with Crippen LogP contribution >= 0.6 is 0 Å². The quantitative estimate of drug-likeness (QED) is 0.591. The van der Waals surface area contributed by atoms with E-state index in [-0.39, 0.29) is 18.7 Å². The zero-order valence-electron chi connectivity index (χ0n) is 14.8. The molecule has 3 aromatic rings. The second-order valence-corrected chi connectivity index (χ2v) is 6.21. The molecule has 0 heterocycles. The Morgan fingerprint density at radius 3 is 2.50 bits per heavy atom. The van der Waals surface area contributed by atoms with E-state index in [9.17, 15) is 23.5 Å². The van der Waals surface area contributed by atoms with Gasteiger partial charge in [0.2, 0.25) is 0 Å². The highest BCUT2D eigenvalue weighted by Crippen LogP contribution is 2.25. The summed E-state index contributed by atoms with van der Waals surface area (Å²) >= 11 is 0. The van der Waals surface area contributed by atoms with E-state index >= 15 is 0 Å². The number of fused-ring (bicyclic) bond motifs is 1. The predicted molar refractivity (Wildman–Crippen MR) is 102 cm³/mol. The van der Waals surface area contributed by atoms with Crippen LogP contribution in [0.5, 0.6) is 0 Å². The summed E-state index contributed by atoms with van der Waals surface area (Å²) in [6, 6.07) is 15.8. The van der Waals surface area contributed by atoms with E-state index in [1.54, 1.807) is 6.07 Å². The van der Waals surface area contributed by atoms with Gasteiger partial charge in [0.25, 0.3) is 0 Å². The van der Waals surface area contributed by atoms with E-state index < -0.39 is 29.6 Å². The molecule has 0 radical (unpaired) electrons. The minimum absolute atomic E-state index is 0.0442. The number of amides is 2. The topological polar surface area (TPSA) is 78.4 Å². The molecule has 0 aliphatic rings. The molecule has 3 N–H and O–H groups in total. The van der Waals surface area contributed by atoms with E-state index in [0.29, 0.717) is 6.07 Å². The number of hydrogen-bond acceptors (Lipinski definition) is 3. The Kier molecular flexibility index (Phi) is 5.96. The number of benzene rings is 3. The largest absolute Gasteiger partial charge is 0.388 e.